The van der Waals surface area contributed by atoms with Crippen LogP contribution >= 0.6 is 0 Å². The van der Waals surface area contributed by atoms with E-state index in [-0.39, 0.29) is 71.1 Å². The molecule has 10 heteroatoms. The third kappa shape index (κ3) is 9.63. The zero-order valence-electron chi connectivity index (χ0n) is 22.9. The van der Waals surface area contributed by atoms with Crippen molar-refractivity contribution in [3.05, 3.63) is 115 Å². The molecule has 41 heavy (non-hydrogen) atoms. The Kier molecular flexibility index (Phi) is 15.0. The maximum atomic E-state index is 15.5. The topological polar surface area (TPSA) is 63.2 Å². The van der Waals surface area contributed by atoms with Gasteiger partial charge in [-0.15, -0.1) is 0 Å². The maximum Gasteiger partial charge on any atom is 1.00 e. The molecule has 1 heterocycles. The van der Waals surface area contributed by atoms with Crippen LogP contribution in [0.25, 0.3) is 0 Å². The summed E-state index contributed by atoms with van der Waals surface area (Å²) in [6.07, 6.45) is -6.40. The molecule has 0 amide bonds. The quantitative estimate of drug-likeness (QED) is 0.207. The van der Waals surface area contributed by atoms with Gasteiger partial charge in [-0.1, -0.05) is 91.0 Å². The molecule has 0 aromatic heterocycles. The predicted octanol–water partition coefficient (Wildman–Crippen LogP) is 2.54. The van der Waals surface area contributed by atoms with E-state index in [0.717, 1.165) is 16.7 Å². The average Bonchev–Trinajstić information content (AvgIpc) is 2.96. The number of halogens is 3. The molecule has 216 valence electrons. The van der Waals surface area contributed by atoms with E-state index in [0.29, 0.717) is 0 Å². The van der Waals surface area contributed by atoms with Crippen LogP contribution in [-0.4, -0.2) is 49.0 Å². The number of alkyl halides is 2. The van der Waals surface area contributed by atoms with Crippen LogP contribution in [0.5, 0.6) is 0 Å². The summed E-state index contributed by atoms with van der Waals surface area (Å²) in [7, 11) is 0. The van der Waals surface area contributed by atoms with E-state index < -0.39 is 42.4 Å². The van der Waals surface area contributed by atoms with Crippen LogP contribution < -0.4 is 17.0 Å². The number of ether oxygens (including phenoxy) is 5. The Hall–Kier alpha value is -1.75. The Morgan fingerprint density at radius 2 is 1.15 bits per heavy atom. The van der Waals surface area contributed by atoms with E-state index in [1.165, 1.54) is 6.92 Å². The van der Waals surface area contributed by atoms with Crippen LogP contribution in [0.2, 0.25) is 0 Å². The minimum absolute atomic E-state index is 0. The molecule has 0 saturated carbocycles. The summed E-state index contributed by atoms with van der Waals surface area (Å²) in [6, 6.07) is 27.9. The van der Waals surface area contributed by atoms with Gasteiger partial charge >= 0.3 is 39.6 Å². The molecule has 0 bridgehead atoms. The van der Waals surface area contributed by atoms with Crippen molar-refractivity contribution in [1.29, 1.82) is 0 Å². The summed E-state index contributed by atoms with van der Waals surface area (Å²) in [5.41, 5.74) is 2.48. The molecule has 1 aliphatic rings. The molecule has 4 rings (SSSR count). The van der Waals surface area contributed by atoms with Gasteiger partial charge in [0.2, 0.25) is 0 Å². The van der Waals surface area contributed by atoms with Crippen molar-refractivity contribution in [3.63, 3.8) is 0 Å². The Bertz CT molecular complexity index is 1160. The molecule has 2 radical (unpaired) electrons. The summed E-state index contributed by atoms with van der Waals surface area (Å²) in [4.78, 5) is 12.4. The fraction of sp³-hybridized carbons (Fsp3) is 0.355. The van der Waals surface area contributed by atoms with Crippen molar-refractivity contribution in [3.8, 4) is 0 Å². The molecule has 0 unspecified atom stereocenters. The first-order valence-corrected chi connectivity index (χ1v) is 12.9. The molecular formula is C31H33BrF2HgO6. The largest absolute Gasteiger partial charge is 1.00 e. The molecule has 0 spiro atoms. The maximum absolute atomic E-state index is 15.5. The van der Waals surface area contributed by atoms with Crippen molar-refractivity contribution in [2.75, 3.05) is 6.61 Å². The molecule has 3 aromatic rings. The first-order valence-electron chi connectivity index (χ1n) is 12.9. The molecule has 1 saturated heterocycles. The van der Waals surface area contributed by atoms with E-state index in [1.54, 1.807) is 0 Å². The first-order chi connectivity index (χ1) is 18.9. The summed E-state index contributed by atoms with van der Waals surface area (Å²) < 4.78 is 60.0. The van der Waals surface area contributed by atoms with Crippen molar-refractivity contribution >= 4 is 5.97 Å². The van der Waals surface area contributed by atoms with Gasteiger partial charge < -0.3 is 40.7 Å². The van der Waals surface area contributed by atoms with E-state index in [4.69, 9.17) is 18.9 Å². The van der Waals surface area contributed by atoms with Gasteiger partial charge in [0.05, 0.1) is 32.5 Å². The molecular weight excluding hydrogens is 787 g/mol. The van der Waals surface area contributed by atoms with Crippen LogP contribution in [0, 0.1) is 6.92 Å². The molecule has 6 nitrogen and oxygen atoms in total. The monoisotopic (exact) mass is 820 g/mol. The van der Waals surface area contributed by atoms with Gasteiger partial charge in [-0.3, -0.25) is 0 Å². The SMILES string of the molecule is [Br-].[CH2][C@H]1O[C@@H](C(F)(F)C(=O)OCC)[C@H](OCc2ccccc2)[C@@H](OCc2ccccc2)[C@@H]1OCc1ccccc1.[Hg+]. The molecule has 1 fully saturated rings. The third-order valence-electron chi connectivity index (χ3n) is 6.39. The van der Waals surface area contributed by atoms with E-state index >= 15 is 8.78 Å². The predicted molar refractivity (Wildman–Crippen MR) is 141 cm³/mol. The van der Waals surface area contributed by atoms with Gasteiger partial charge in [0.1, 0.15) is 18.3 Å². The summed E-state index contributed by atoms with van der Waals surface area (Å²) >= 11 is 0. The molecule has 3 aromatic carbocycles. The second kappa shape index (κ2) is 17.4. The standard InChI is InChI=1S/C31H33F2O6.BrH.Hg/c1-3-35-30(34)31(32,33)29-28(38-21-25-17-11-6-12-18-25)27(37-20-24-15-9-5-10-16-24)26(22(2)39-29)36-19-23-13-7-4-8-14-23;;/h4-18,22,26-29H,2-3,19-21H2,1H3;1H;/q;;+1/p-1/t22-,26-,27+,28-,29-;;/m1../s1. The number of rotatable bonds is 12. The van der Waals surface area contributed by atoms with Gasteiger partial charge in [-0.2, -0.15) is 8.78 Å². The zero-order valence-corrected chi connectivity index (χ0v) is 30.0. The van der Waals surface area contributed by atoms with E-state index in [2.05, 4.69) is 11.7 Å². The summed E-state index contributed by atoms with van der Waals surface area (Å²) in [5, 5.41) is 0. The number of carbonyl (C=O) groups is 1. The van der Waals surface area contributed by atoms with E-state index in [9.17, 15) is 4.79 Å². The second-order valence-corrected chi connectivity index (χ2v) is 9.22. The summed E-state index contributed by atoms with van der Waals surface area (Å²) in [5.74, 6) is -5.72. The van der Waals surface area contributed by atoms with Crippen LogP contribution in [0.15, 0.2) is 91.0 Å². The number of hydrogen-bond acceptors (Lipinski definition) is 6. The normalized spacial score (nSPS) is 22.2. The number of carbonyl (C=O) groups excluding carboxylic acids is 1. The fourth-order valence-corrected chi connectivity index (χ4v) is 4.42. The molecule has 5 atom stereocenters. The van der Waals surface area contributed by atoms with Crippen molar-refractivity contribution in [1.82, 2.24) is 0 Å². The zero-order chi connectivity index (χ0) is 27.7. The minimum atomic E-state index is -4.02. The van der Waals surface area contributed by atoms with E-state index in [1.807, 2.05) is 91.0 Å². The average molecular weight is 820 g/mol. The van der Waals surface area contributed by atoms with Crippen molar-refractivity contribution < 1.29 is 81.9 Å². The van der Waals surface area contributed by atoms with Crippen LogP contribution in [0.3, 0.4) is 0 Å². The van der Waals surface area contributed by atoms with Crippen LogP contribution in [0.1, 0.15) is 23.6 Å². The fourth-order valence-electron chi connectivity index (χ4n) is 4.42. The Morgan fingerprint density at radius 1 is 0.756 bits per heavy atom. The number of esters is 1. The van der Waals surface area contributed by atoms with Gasteiger partial charge in [-0.25, -0.2) is 4.79 Å². The Labute approximate surface area is 270 Å². The summed E-state index contributed by atoms with van der Waals surface area (Å²) in [6.45, 7) is 5.47. The van der Waals surface area contributed by atoms with Crippen LogP contribution in [0.4, 0.5) is 8.78 Å². The number of hydrogen-bond donors (Lipinski definition) is 0. The third-order valence-corrected chi connectivity index (χ3v) is 6.39. The van der Waals surface area contributed by atoms with Gasteiger partial charge in [0, 0.05) is 0 Å². The van der Waals surface area contributed by atoms with Crippen molar-refractivity contribution in [2.24, 2.45) is 0 Å². The van der Waals surface area contributed by atoms with Gasteiger partial charge in [0.15, 0.2) is 6.10 Å². The Morgan fingerprint density at radius 3 is 1.56 bits per heavy atom. The second-order valence-electron chi connectivity index (χ2n) is 9.22. The Balaban J connectivity index is 0.00000294. The number of benzene rings is 3. The molecule has 1 aliphatic heterocycles. The molecule has 0 N–H and O–H groups in total. The van der Waals surface area contributed by atoms with Gasteiger partial charge in [0.25, 0.3) is 0 Å². The minimum Gasteiger partial charge on any atom is -1.00 e. The van der Waals surface area contributed by atoms with Crippen molar-refractivity contribution in [2.45, 2.75) is 63.2 Å². The van der Waals surface area contributed by atoms with Gasteiger partial charge in [-0.05, 0) is 30.5 Å². The first kappa shape index (κ1) is 35.4. The van der Waals surface area contributed by atoms with Crippen LogP contribution in [-0.2, 0) is 76.0 Å². The smallest absolute Gasteiger partial charge is 1.00 e. The molecule has 0 aliphatic carbocycles.